The number of allylic oxidation sites excluding steroid dienone is 1. The second-order valence-electron chi connectivity index (χ2n) is 3.77. The molecular formula is C9H15NS. The Morgan fingerprint density at radius 1 is 1.45 bits per heavy atom. The third-order valence-corrected chi connectivity index (χ3v) is 2.28. The minimum absolute atomic E-state index is 0.283. The summed E-state index contributed by atoms with van der Waals surface area (Å²) in [6.07, 6.45) is 4.35. The molecule has 0 aromatic carbocycles. The van der Waals surface area contributed by atoms with E-state index in [2.05, 4.69) is 37.9 Å². The fraction of sp³-hybridized carbons (Fsp3) is 0.667. The Labute approximate surface area is 73.0 Å². The van der Waals surface area contributed by atoms with E-state index in [1.165, 1.54) is 5.04 Å². The van der Waals surface area contributed by atoms with Crippen molar-refractivity contribution in [3.8, 4) is 0 Å². The molecule has 1 aliphatic heterocycles. The van der Waals surface area contributed by atoms with Crippen molar-refractivity contribution in [2.45, 2.75) is 20.8 Å². The summed E-state index contributed by atoms with van der Waals surface area (Å²) in [4.78, 5) is 4.33. The smallest absolute Gasteiger partial charge is 0.0902 e. The Morgan fingerprint density at radius 3 is 2.64 bits per heavy atom. The molecule has 1 nitrogen and oxygen atoms in total. The van der Waals surface area contributed by atoms with Crippen LogP contribution < -0.4 is 0 Å². The van der Waals surface area contributed by atoms with Crippen LogP contribution in [0.1, 0.15) is 20.8 Å². The van der Waals surface area contributed by atoms with E-state index in [0.29, 0.717) is 0 Å². The summed E-state index contributed by atoms with van der Waals surface area (Å²) in [6.45, 7) is 7.59. The topological polar surface area (TPSA) is 12.4 Å². The first kappa shape index (κ1) is 8.85. The first-order valence-corrected chi connectivity index (χ1v) is 4.93. The van der Waals surface area contributed by atoms with E-state index >= 15 is 0 Å². The second kappa shape index (κ2) is 3.44. The van der Waals surface area contributed by atoms with E-state index in [0.717, 1.165) is 12.3 Å². The molecule has 0 amide bonds. The summed E-state index contributed by atoms with van der Waals surface area (Å²) >= 11 is 1.85. The molecule has 0 bridgehead atoms. The van der Waals surface area contributed by atoms with Gasteiger partial charge in [0, 0.05) is 12.3 Å². The maximum atomic E-state index is 4.33. The minimum Gasteiger partial charge on any atom is -0.278 e. The van der Waals surface area contributed by atoms with E-state index in [-0.39, 0.29) is 5.41 Å². The molecule has 1 heterocycles. The molecule has 0 radical (unpaired) electrons. The predicted octanol–water partition coefficient (Wildman–Crippen LogP) is 2.73. The first-order valence-electron chi connectivity index (χ1n) is 3.94. The Bertz CT molecular complexity index is 186. The molecule has 0 N–H and O–H groups in total. The highest BCUT2D eigenvalue weighted by Crippen LogP contribution is 2.18. The van der Waals surface area contributed by atoms with Crippen LogP contribution >= 0.6 is 11.8 Å². The average Bonchev–Trinajstić information content (AvgIpc) is 2.32. The van der Waals surface area contributed by atoms with Crippen molar-refractivity contribution in [1.29, 1.82) is 0 Å². The maximum absolute atomic E-state index is 4.33. The van der Waals surface area contributed by atoms with Gasteiger partial charge in [0.25, 0.3) is 0 Å². The fourth-order valence-electron chi connectivity index (χ4n) is 0.774. The van der Waals surface area contributed by atoms with Crippen molar-refractivity contribution < 1.29 is 0 Å². The van der Waals surface area contributed by atoms with E-state index in [4.69, 9.17) is 0 Å². The van der Waals surface area contributed by atoms with E-state index in [9.17, 15) is 0 Å². The molecule has 11 heavy (non-hydrogen) atoms. The number of rotatable bonds is 1. The molecule has 0 saturated heterocycles. The predicted molar refractivity (Wildman–Crippen MR) is 53.4 cm³/mol. The van der Waals surface area contributed by atoms with Gasteiger partial charge < -0.3 is 0 Å². The summed E-state index contributed by atoms with van der Waals surface area (Å²) in [7, 11) is 0. The van der Waals surface area contributed by atoms with Gasteiger partial charge >= 0.3 is 0 Å². The van der Waals surface area contributed by atoms with Crippen LogP contribution in [0.15, 0.2) is 17.1 Å². The highest BCUT2D eigenvalue weighted by atomic mass is 32.2. The molecule has 2 heteroatoms. The number of thioether (sulfide) groups is 1. The molecule has 0 aliphatic carbocycles. The summed E-state index contributed by atoms with van der Waals surface area (Å²) in [6, 6.07) is 0. The Kier molecular flexibility index (Phi) is 2.77. The van der Waals surface area contributed by atoms with Gasteiger partial charge in [0.2, 0.25) is 0 Å². The Balaban J connectivity index is 2.47. The van der Waals surface area contributed by atoms with Gasteiger partial charge in [0.05, 0.1) is 5.04 Å². The van der Waals surface area contributed by atoms with Crippen LogP contribution in [0.5, 0.6) is 0 Å². The second-order valence-corrected chi connectivity index (χ2v) is 4.88. The van der Waals surface area contributed by atoms with Gasteiger partial charge in [-0.1, -0.05) is 26.8 Å². The number of hydrogen-bond donors (Lipinski definition) is 0. The molecule has 1 aliphatic rings. The molecule has 1 rings (SSSR count). The van der Waals surface area contributed by atoms with Crippen molar-refractivity contribution in [2.75, 3.05) is 12.3 Å². The van der Waals surface area contributed by atoms with Gasteiger partial charge in [-0.3, -0.25) is 4.99 Å². The van der Waals surface area contributed by atoms with Crippen LogP contribution in [0.3, 0.4) is 0 Å². The average molecular weight is 169 g/mol. The lowest BCUT2D eigenvalue weighted by molar-refractivity contribution is 0.545. The molecule has 0 unspecified atom stereocenters. The maximum Gasteiger partial charge on any atom is 0.0902 e. The molecule has 0 saturated carbocycles. The zero-order chi connectivity index (χ0) is 8.32. The summed E-state index contributed by atoms with van der Waals surface area (Å²) < 4.78 is 0. The number of hydrogen-bond acceptors (Lipinski definition) is 2. The van der Waals surface area contributed by atoms with Crippen molar-refractivity contribution in [1.82, 2.24) is 0 Å². The monoisotopic (exact) mass is 169 g/mol. The van der Waals surface area contributed by atoms with Gasteiger partial charge in [0.1, 0.15) is 0 Å². The molecule has 0 fully saturated rings. The van der Waals surface area contributed by atoms with E-state index < -0.39 is 0 Å². The Hall–Kier alpha value is -0.240. The number of nitrogens with zero attached hydrogens (tertiary/aromatic N) is 1. The molecule has 0 atom stereocenters. The van der Waals surface area contributed by atoms with Crippen LogP contribution in [0.4, 0.5) is 0 Å². The van der Waals surface area contributed by atoms with Crippen molar-refractivity contribution in [3.05, 3.63) is 12.2 Å². The van der Waals surface area contributed by atoms with Gasteiger partial charge in [-0.25, -0.2) is 0 Å². The van der Waals surface area contributed by atoms with E-state index in [1.54, 1.807) is 0 Å². The van der Waals surface area contributed by atoms with Crippen LogP contribution in [0.25, 0.3) is 0 Å². The quantitative estimate of drug-likeness (QED) is 0.588. The lowest BCUT2D eigenvalue weighted by Gasteiger charge is -2.10. The van der Waals surface area contributed by atoms with Gasteiger partial charge in [0.15, 0.2) is 0 Å². The first-order chi connectivity index (χ1) is 5.08. The van der Waals surface area contributed by atoms with Crippen molar-refractivity contribution in [3.63, 3.8) is 0 Å². The van der Waals surface area contributed by atoms with Crippen molar-refractivity contribution in [2.24, 2.45) is 10.4 Å². The normalized spacial score (nSPS) is 19.4. The molecule has 0 aromatic rings. The van der Waals surface area contributed by atoms with Crippen molar-refractivity contribution >= 4 is 16.8 Å². The number of aliphatic imine (C=N–C) groups is 1. The van der Waals surface area contributed by atoms with Crippen LogP contribution in [-0.2, 0) is 0 Å². The molecular weight excluding hydrogens is 154 g/mol. The lowest BCUT2D eigenvalue weighted by atomic mass is 9.96. The fourth-order valence-corrected chi connectivity index (χ4v) is 1.51. The largest absolute Gasteiger partial charge is 0.278 e. The SMILES string of the molecule is CC(C)(C)/C=C/C1=NCCS1. The summed E-state index contributed by atoms with van der Waals surface area (Å²) in [5.74, 6) is 1.16. The lowest BCUT2D eigenvalue weighted by Crippen LogP contribution is -1.99. The standard InChI is InChI=1S/C9H15NS/c1-9(2,3)5-4-8-10-6-7-11-8/h4-5H,6-7H2,1-3H3/b5-4+. The zero-order valence-electron chi connectivity index (χ0n) is 7.42. The third-order valence-electron chi connectivity index (χ3n) is 1.33. The highest BCUT2D eigenvalue weighted by molar-refractivity contribution is 8.14. The van der Waals surface area contributed by atoms with Gasteiger partial charge in [-0.05, 0) is 11.5 Å². The van der Waals surface area contributed by atoms with Crippen LogP contribution in [0.2, 0.25) is 0 Å². The molecule has 62 valence electrons. The van der Waals surface area contributed by atoms with Crippen LogP contribution in [0, 0.1) is 5.41 Å². The minimum atomic E-state index is 0.283. The summed E-state index contributed by atoms with van der Waals surface area (Å²) in [5.41, 5.74) is 0.283. The van der Waals surface area contributed by atoms with E-state index in [1.807, 2.05) is 11.8 Å². The van der Waals surface area contributed by atoms with Crippen LogP contribution in [-0.4, -0.2) is 17.3 Å². The third kappa shape index (κ3) is 3.61. The van der Waals surface area contributed by atoms with Gasteiger partial charge in [-0.15, -0.1) is 11.8 Å². The highest BCUT2D eigenvalue weighted by Gasteiger charge is 2.06. The summed E-state index contributed by atoms with van der Waals surface area (Å²) in [5, 5.41) is 1.19. The molecule has 0 aromatic heterocycles. The van der Waals surface area contributed by atoms with Gasteiger partial charge in [-0.2, -0.15) is 0 Å². The molecule has 0 spiro atoms. The Morgan fingerprint density at radius 2 is 2.18 bits per heavy atom. The zero-order valence-corrected chi connectivity index (χ0v) is 8.24.